The van der Waals surface area contributed by atoms with Crippen LogP contribution in [0.5, 0.6) is 0 Å². The largest absolute Gasteiger partial charge is 0.300 e. The minimum Gasteiger partial charge on any atom is -0.300 e. The van der Waals surface area contributed by atoms with Crippen LogP contribution in [0.3, 0.4) is 0 Å². The number of rotatable bonds is 3. The van der Waals surface area contributed by atoms with Gasteiger partial charge in [0.25, 0.3) is 5.91 Å². The van der Waals surface area contributed by atoms with Crippen LogP contribution in [0.15, 0.2) is 70.1 Å². The van der Waals surface area contributed by atoms with E-state index in [0.29, 0.717) is 25.8 Å². The monoisotopic (exact) mass is 388 g/mol. The minimum absolute atomic E-state index is 0.169. The molecule has 1 heterocycles. The maximum absolute atomic E-state index is 12.1. The van der Waals surface area contributed by atoms with E-state index in [2.05, 4.69) is 10.3 Å². The van der Waals surface area contributed by atoms with Crippen LogP contribution in [-0.4, -0.2) is 11.1 Å². The number of nitrogens with zero attached hydrogens (tertiary/aromatic N) is 1. The quantitative estimate of drug-likeness (QED) is 0.671. The molecule has 0 aromatic heterocycles. The molecule has 126 valence electrons. The van der Waals surface area contributed by atoms with Gasteiger partial charge in [-0.05, 0) is 54.1 Å². The average Bonchev–Trinajstić information content (AvgIpc) is 2.86. The smallest absolute Gasteiger partial charge is 0.264 e. The molecule has 1 aliphatic heterocycles. The van der Waals surface area contributed by atoms with Gasteiger partial charge in [-0.3, -0.25) is 4.79 Å². The summed E-state index contributed by atoms with van der Waals surface area (Å²) in [5.41, 5.74) is 2.66. The van der Waals surface area contributed by atoms with Crippen molar-refractivity contribution in [2.45, 2.75) is 6.92 Å². The van der Waals surface area contributed by atoms with Gasteiger partial charge in [0, 0.05) is 10.0 Å². The molecule has 0 atom stereocenters. The van der Waals surface area contributed by atoms with Crippen molar-refractivity contribution in [2.75, 3.05) is 0 Å². The van der Waals surface area contributed by atoms with Crippen LogP contribution in [0.25, 0.3) is 6.08 Å². The molecule has 0 aliphatic carbocycles. The lowest BCUT2D eigenvalue weighted by Gasteiger charge is -1.98. The maximum atomic E-state index is 12.1. The fraction of sp³-hybridized carbons (Fsp3) is 0.0526. The van der Waals surface area contributed by atoms with E-state index in [1.54, 1.807) is 18.2 Å². The second-order valence-corrected chi connectivity index (χ2v) is 7.31. The summed E-state index contributed by atoms with van der Waals surface area (Å²) in [4.78, 5) is 17.1. The van der Waals surface area contributed by atoms with Gasteiger partial charge in [-0.25, -0.2) is 4.99 Å². The Bertz CT molecular complexity index is 885. The third-order valence-electron chi connectivity index (χ3n) is 3.28. The van der Waals surface area contributed by atoms with Gasteiger partial charge in [0.15, 0.2) is 5.17 Å². The number of benzene rings is 2. The highest BCUT2D eigenvalue weighted by Gasteiger charge is 2.23. The Hall–Kier alpha value is -2.01. The topological polar surface area (TPSA) is 41.5 Å². The highest BCUT2D eigenvalue weighted by Crippen LogP contribution is 2.30. The number of aliphatic imine (C=N–C) groups is 1. The van der Waals surface area contributed by atoms with Gasteiger partial charge in [-0.2, -0.15) is 0 Å². The summed E-state index contributed by atoms with van der Waals surface area (Å²) in [6.07, 6.45) is 3.87. The van der Waals surface area contributed by atoms with E-state index in [1.807, 2.05) is 49.4 Å². The van der Waals surface area contributed by atoms with E-state index in [-0.39, 0.29) is 5.91 Å². The molecule has 0 radical (unpaired) electrons. The summed E-state index contributed by atoms with van der Waals surface area (Å²) in [6, 6.07) is 15.0. The van der Waals surface area contributed by atoms with Crippen molar-refractivity contribution in [3.05, 3.63) is 80.7 Å². The molecule has 0 spiro atoms. The van der Waals surface area contributed by atoms with Crippen molar-refractivity contribution < 1.29 is 4.79 Å². The number of allylic oxidation sites excluding steroid dienone is 2. The van der Waals surface area contributed by atoms with Gasteiger partial charge in [0.2, 0.25) is 0 Å². The molecule has 3 nitrogen and oxygen atoms in total. The van der Waals surface area contributed by atoms with Gasteiger partial charge >= 0.3 is 0 Å². The van der Waals surface area contributed by atoms with E-state index in [4.69, 9.17) is 23.2 Å². The van der Waals surface area contributed by atoms with Crippen molar-refractivity contribution >= 4 is 57.8 Å². The van der Waals surface area contributed by atoms with Gasteiger partial charge in [-0.15, -0.1) is 0 Å². The van der Waals surface area contributed by atoms with Gasteiger partial charge < -0.3 is 5.32 Å². The highest BCUT2D eigenvalue weighted by molar-refractivity contribution is 8.18. The third-order valence-corrected chi connectivity index (χ3v) is 4.63. The average molecular weight is 389 g/mol. The molecule has 1 fully saturated rings. The second kappa shape index (κ2) is 7.91. The molecule has 0 saturated carbocycles. The minimum atomic E-state index is -0.169. The normalized spacial score (nSPS) is 18.0. The van der Waals surface area contributed by atoms with Crippen LogP contribution in [0, 0.1) is 0 Å². The summed E-state index contributed by atoms with van der Waals surface area (Å²) in [6.45, 7) is 1.96. The molecule has 1 aliphatic rings. The van der Waals surface area contributed by atoms with Crippen molar-refractivity contribution in [1.29, 1.82) is 0 Å². The van der Waals surface area contributed by atoms with Crippen LogP contribution in [0.4, 0.5) is 5.69 Å². The van der Waals surface area contributed by atoms with Crippen LogP contribution in [0.2, 0.25) is 10.0 Å². The van der Waals surface area contributed by atoms with Crippen LogP contribution in [-0.2, 0) is 4.79 Å². The summed E-state index contributed by atoms with van der Waals surface area (Å²) >= 11 is 13.2. The van der Waals surface area contributed by atoms with Crippen LogP contribution in [0.1, 0.15) is 12.5 Å². The number of amidine groups is 1. The molecule has 1 amide bonds. The third kappa shape index (κ3) is 4.98. The lowest BCUT2D eigenvalue weighted by molar-refractivity contribution is -0.115. The number of halogens is 2. The molecule has 1 N–H and O–H groups in total. The Kier molecular flexibility index (Phi) is 5.63. The highest BCUT2D eigenvalue weighted by atomic mass is 35.5. The SMILES string of the molecule is CC(=C/c1ccccc1)/C=C1/SC(=Nc2cc(Cl)cc(Cl)c2)NC1=O. The predicted molar refractivity (Wildman–Crippen MR) is 107 cm³/mol. The standard InChI is InChI=1S/C19H14Cl2N2OS/c1-12(7-13-5-3-2-4-6-13)8-17-18(24)23-19(25-17)22-16-10-14(20)9-15(21)11-16/h2-11H,1H3,(H,22,23,24)/b12-7-,17-8+. The number of amides is 1. The lowest BCUT2D eigenvalue weighted by Crippen LogP contribution is -2.19. The van der Waals surface area contributed by atoms with E-state index < -0.39 is 0 Å². The zero-order valence-corrected chi connectivity index (χ0v) is 15.6. The Morgan fingerprint density at radius 1 is 1.12 bits per heavy atom. The molecule has 0 unspecified atom stereocenters. The molecular weight excluding hydrogens is 375 g/mol. The zero-order chi connectivity index (χ0) is 17.8. The number of hydrogen-bond donors (Lipinski definition) is 1. The van der Waals surface area contributed by atoms with Crippen molar-refractivity contribution in [3.8, 4) is 0 Å². The first-order chi connectivity index (χ1) is 12.0. The molecule has 1 saturated heterocycles. The maximum Gasteiger partial charge on any atom is 0.264 e. The molecule has 2 aromatic carbocycles. The first-order valence-corrected chi connectivity index (χ1v) is 9.06. The zero-order valence-electron chi connectivity index (χ0n) is 13.3. The van der Waals surface area contributed by atoms with Crippen molar-refractivity contribution in [2.24, 2.45) is 4.99 Å². The Balaban J connectivity index is 1.80. The number of nitrogens with one attached hydrogen (secondary N) is 1. The number of hydrogen-bond acceptors (Lipinski definition) is 3. The first kappa shape index (κ1) is 17.8. The molecule has 25 heavy (non-hydrogen) atoms. The van der Waals surface area contributed by atoms with E-state index in [1.165, 1.54) is 11.8 Å². The molecule has 0 bridgehead atoms. The van der Waals surface area contributed by atoms with E-state index in [9.17, 15) is 4.79 Å². The Morgan fingerprint density at radius 2 is 1.80 bits per heavy atom. The Morgan fingerprint density at radius 3 is 2.48 bits per heavy atom. The van der Waals surface area contributed by atoms with Crippen molar-refractivity contribution in [3.63, 3.8) is 0 Å². The summed E-state index contributed by atoms with van der Waals surface area (Å²) < 4.78 is 0. The van der Waals surface area contributed by atoms with Crippen LogP contribution < -0.4 is 5.32 Å². The number of thioether (sulfide) groups is 1. The summed E-state index contributed by atoms with van der Waals surface area (Å²) in [5, 5.41) is 4.25. The fourth-order valence-corrected chi connectivity index (χ4v) is 3.67. The molecule has 3 rings (SSSR count). The van der Waals surface area contributed by atoms with E-state index in [0.717, 1.165) is 11.1 Å². The molecular formula is C19H14Cl2N2OS. The lowest BCUT2D eigenvalue weighted by atomic mass is 10.1. The van der Waals surface area contributed by atoms with Crippen molar-refractivity contribution in [1.82, 2.24) is 5.32 Å². The van der Waals surface area contributed by atoms with Gasteiger partial charge in [0.05, 0.1) is 10.6 Å². The van der Waals surface area contributed by atoms with Gasteiger partial charge in [-0.1, -0.05) is 59.6 Å². The van der Waals surface area contributed by atoms with E-state index >= 15 is 0 Å². The molecule has 2 aromatic rings. The fourth-order valence-electron chi connectivity index (χ4n) is 2.26. The number of carbonyl (C=O) groups is 1. The predicted octanol–water partition coefficient (Wildman–Crippen LogP) is 5.83. The second-order valence-electron chi connectivity index (χ2n) is 5.41. The Labute approximate surface area is 160 Å². The van der Waals surface area contributed by atoms with Gasteiger partial charge in [0.1, 0.15) is 0 Å². The molecule has 6 heteroatoms. The summed E-state index contributed by atoms with van der Waals surface area (Å²) in [5.74, 6) is -0.169. The number of carbonyl (C=O) groups excluding carboxylic acids is 1. The van der Waals surface area contributed by atoms with Crippen LogP contribution >= 0.6 is 35.0 Å². The summed E-state index contributed by atoms with van der Waals surface area (Å²) in [7, 11) is 0. The first-order valence-electron chi connectivity index (χ1n) is 7.48.